The lowest BCUT2D eigenvalue weighted by molar-refractivity contribution is 0.0590. The predicted molar refractivity (Wildman–Crippen MR) is 155 cm³/mol. The van der Waals surface area contributed by atoms with Crippen LogP contribution in [0.25, 0.3) is 16.8 Å². The van der Waals surface area contributed by atoms with E-state index in [0.717, 1.165) is 33.9 Å². The maximum absolute atomic E-state index is 13.7. The SMILES string of the molecule is CC/C(=C\c1ccc(O)c2ccccc12)CC[C@H]1OB(O)C[C@H]2C1=C(CO)C[C@H]1C(=O)c3ccccc3C(=O)[C@H]12. The third kappa shape index (κ3) is 4.52. The lowest BCUT2D eigenvalue weighted by atomic mass is 9.54. The Labute approximate surface area is 234 Å². The molecule has 6 rings (SSSR count). The van der Waals surface area contributed by atoms with Gasteiger partial charge in [0.1, 0.15) is 5.75 Å². The third-order valence-electron chi connectivity index (χ3n) is 9.03. The van der Waals surface area contributed by atoms with E-state index in [1.54, 1.807) is 30.3 Å². The van der Waals surface area contributed by atoms with Crippen molar-refractivity contribution in [2.24, 2.45) is 17.8 Å². The third-order valence-corrected chi connectivity index (χ3v) is 9.03. The molecule has 1 saturated heterocycles. The largest absolute Gasteiger partial charge is 0.507 e. The topological polar surface area (TPSA) is 104 Å². The molecular weight excluding hydrogens is 503 g/mol. The van der Waals surface area contributed by atoms with Crippen LogP contribution >= 0.6 is 0 Å². The molecule has 1 aliphatic heterocycles. The van der Waals surface area contributed by atoms with Crippen LogP contribution in [-0.4, -0.2) is 46.6 Å². The standard InChI is InChI=1S/C33H33BO6/c1-2-19(15-20-12-13-28(36)23-8-4-3-7-22(20)23)11-14-29-30-21(18-35)16-26-31(27(30)17-34(39)40-29)33(38)25-10-6-5-9-24(25)32(26)37/h3-10,12-13,15,26-27,29,31,35-36,39H,2,11,14,16-18H2,1H3/b19-15+/t26-,27+,29-,31-/m1/s1. The molecule has 0 aromatic heterocycles. The number of phenolic OH excluding ortho intramolecular Hbond substituents is 1. The molecule has 0 saturated carbocycles. The molecule has 0 radical (unpaired) electrons. The van der Waals surface area contributed by atoms with Crippen molar-refractivity contribution in [3.05, 3.63) is 94.1 Å². The number of phenols is 1. The monoisotopic (exact) mass is 536 g/mol. The molecule has 0 unspecified atom stereocenters. The highest BCUT2D eigenvalue weighted by Crippen LogP contribution is 2.50. The van der Waals surface area contributed by atoms with E-state index >= 15 is 0 Å². The number of allylic oxidation sites excluding steroid dienone is 1. The van der Waals surface area contributed by atoms with Crippen molar-refractivity contribution in [3.8, 4) is 5.75 Å². The van der Waals surface area contributed by atoms with E-state index in [1.807, 2.05) is 30.3 Å². The number of ketones is 2. The zero-order chi connectivity index (χ0) is 28.0. The summed E-state index contributed by atoms with van der Waals surface area (Å²) in [5, 5.41) is 33.2. The molecule has 3 aromatic rings. The molecule has 0 amide bonds. The van der Waals surface area contributed by atoms with E-state index in [4.69, 9.17) is 4.65 Å². The van der Waals surface area contributed by atoms with Gasteiger partial charge in [0.15, 0.2) is 11.6 Å². The Morgan fingerprint density at radius 1 is 0.975 bits per heavy atom. The number of carbonyl (C=O) groups excluding carboxylic acids is 2. The van der Waals surface area contributed by atoms with Crippen molar-refractivity contribution < 1.29 is 29.5 Å². The number of rotatable bonds is 6. The second-order valence-corrected chi connectivity index (χ2v) is 11.2. The van der Waals surface area contributed by atoms with Crippen molar-refractivity contribution in [1.82, 2.24) is 0 Å². The molecule has 3 N–H and O–H groups in total. The molecule has 1 heterocycles. The molecule has 3 aromatic carbocycles. The van der Waals surface area contributed by atoms with Gasteiger partial charge in [-0.25, -0.2) is 0 Å². The first kappa shape index (κ1) is 26.7. The first-order valence-corrected chi connectivity index (χ1v) is 14.1. The van der Waals surface area contributed by atoms with Gasteiger partial charge in [0.05, 0.1) is 12.7 Å². The van der Waals surface area contributed by atoms with Crippen LogP contribution in [0.2, 0.25) is 6.32 Å². The van der Waals surface area contributed by atoms with Crippen molar-refractivity contribution >= 4 is 35.5 Å². The summed E-state index contributed by atoms with van der Waals surface area (Å²) in [7, 11) is -1.05. The summed E-state index contributed by atoms with van der Waals surface area (Å²) in [6.45, 7) is 1.89. The van der Waals surface area contributed by atoms with Crippen molar-refractivity contribution in [2.45, 2.75) is 45.0 Å². The predicted octanol–water partition coefficient (Wildman–Crippen LogP) is 5.62. The summed E-state index contributed by atoms with van der Waals surface area (Å²) in [4.78, 5) is 27.2. The molecule has 0 bridgehead atoms. The van der Waals surface area contributed by atoms with Crippen LogP contribution in [0.5, 0.6) is 5.75 Å². The van der Waals surface area contributed by atoms with Gasteiger partial charge in [-0.15, -0.1) is 0 Å². The average Bonchev–Trinajstić information content (AvgIpc) is 2.98. The molecule has 4 atom stereocenters. The van der Waals surface area contributed by atoms with Crippen LogP contribution in [0.3, 0.4) is 0 Å². The van der Waals surface area contributed by atoms with E-state index in [0.29, 0.717) is 30.4 Å². The molecule has 7 heteroatoms. The highest BCUT2D eigenvalue weighted by atomic mass is 16.5. The fraction of sp³-hybridized carbons (Fsp3) is 0.333. The molecule has 40 heavy (non-hydrogen) atoms. The molecule has 0 spiro atoms. The zero-order valence-corrected chi connectivity index (χ0v) is 22.5. The Hall–Kier alpha value is -3.52. The summed E-state index contributed by atoms with van der Waals surface area (Å²) in [6, 6.07) is 18.4. The quantitative estimate of drug-likeness (QED) is 0.279. The first-order chi connectivity index (χ1) is 19.4. The molecule has 6 nitrogen and oxygen atoms in total. The van der Waals surface area contributed by atoms with Gasteiger partial charge in [0.2, 0.25) is 0 Å². The Morgan fingerprint density at radius 2 is 1.68 bits per heavy atom. The zero-order valence-electron chi connectivity index (χ0n) is 22.5. The Balaban J connectivity index is 1.31. The lowest BCUT2D eigenvalue weighted by Crippen LogP contribution is -2.51. The van der Waals surface area contributed by atoms with Crippen LogP contribution in [0, 0.1) is 17.8 Å². The Bertz CT molecular complexity index is 1560. The van der Waals surface area contributed by atoms with Crippen LogP contribution < -0.4 is 0 Å². The van der Waals surface area contributed by atoms with E-state index < -0.39 is 25.1 Å². The summed E-state index contributed by atoms with van der Waals surface area (Å²) >= 11 is 0. The molecule has 2 aliphatic carbocycles. The van der Waals surface area contributed by atoms with Crippen LogP contribution in [0.1, 0.15) is 58.9 Å². The number of benzene rings is 3. The summed E-state index contributed by atoms with van der Waals surface area (Å²) < 4.78 is 6.06. The minimum atomic E-state index is -1.05. The van der Waals surface area contributed by atoms with Gasteiger partial charge >= 0.3 is 7.12 Å². The van der Waals surface area contributed by atoms with E-state index in [2.05, 4.69) is 13.0 Å². The molecular formula is C33H33BO6. The maximum Gasteiger partial charge on any atom is 0.455 e. The summed E-state index contributed by atoms with van der Waals surface area (Å²) in [6.07, 6.45) is 4.35. The maximum atomic E-state index is 13.7. The normalized spacial score (nSPS) is 24.7. The highest BCUT2D eigenvalue weighted by molar-refractivity contribution is 6.43. The molecule has 204 valence electrons. The van der Waals surface area contributed by atoms with Crippen LogP contribution in [0.15, 0.2) is 77.4 Å². The van der Waals surface area contributed by atoms with E-state index in [9.17, 15) is 24.8 Å². The first-order valence-electron chi connectivity index (χ1n) is 14.1. The second kappa shape index (κ2) is 10.8. The Morgan fingerprint density at radius 3 is 2.40 bits per heavy atom. The van der Waals surface area contributed by atoms with Crippen LogP contribution in [0.4, 0.5) is 0 Å². The van der Waals surface area contributed by atoms with E-state index in [-0.39, 0.29) is 36.2 Å². The number of Topliss-reactive ketones (excluding diaryl/α,β-unsaturated/α-hetero) is 2. The van der Waals surface area contributed by atoms with Gasteiger partial charge in [-0.3, -0.25) is 9.59 Å². The number of hydrogen-bond donors (Lipinski definition) is 3. The van der Waals surface area contributed by atoms with Gasteiger partial charge in [-0.2, -0.15) is 0 Å². The van der Waals surface area contributed by atoms with Crippen molar-refractivity contribution in [3.63, 3.8) is 0 Å². The number of fused-ring (bicyclic) bond motifs is 5. The van der Waals surface area contributed by atoms with Gasteiger partial charge in [0.25, 0.3) is 0 Å². The lowest BCUT2D eigenvalue weighted by Gasteiger charge is -2.47. The second-order valence-electron chi connectivity index (χ2n) is 11.2. The number of aliphatic hydroxyl groups excluding tert-OH is 1. The molecule has 1 fully saturated rings. The fourth-order valence-corrected chi connectivity index (χ4v) is 7.13. The van der Waals surface area contributed by atoms with Gasteiger partial charge in [-0.05, 0) is 66.1 Å². The number of aliphatic hydroxyl groups is 1. The van der Waals surface area contributed by atoms with Crippen molar-refractivity contribution in [1.29, 1.82) is 0 Å². The number of carbonyl (C=O) groups is 2. The number of aromatic hydroxyl groups is 1. The summed E-state index contributed by atoms with van der Waals surface area (Å²) in [5.74, 6) is -1.30. The highest BCUT2D eigenvalue weighted by Gasteiger charge is 2.53. The van der Waals surface area contributed by atoms with Gasteiger partial charge < -0.3 is 19.9 Å². The summed E-state index contributed by atoms with van der Waals surface area (Å²) in [5.41, 5.74) is 4.77. The minimum Gasteiger partial charge on any atom is -0.507 e. The van der Waals surface area contributed by atoms with Crippen LogP contribution in [-0.2, 0) is 4.65 Å². The Kier molecular flexibility index (Phi) is 7.21. The van der Waals surface area contributed by atoms with Gasteiger partial charge in [-0.1, -0.05) is 73.2 Å². The van der Waals surface area contributed by atoms with Gasteiger partial charge in [0, 0.05) is 28.3 Å². The smallest absolute Gasteiger partial charge is 0.455 e. The van der Waals surface area contributed by atoms with E-state index in [1.165, 1.54) is 5.57 Å². The molecule has 3 aliphatic rings. The number of hydrogen-bond acceptors (Lipinski definition) is 6. The fourth-order valence-electron chi connectivity index (χ4n) is 7.13. The average molecular weight is 536 g/mol. The van der Waals surface area contributed by atoms with Crippen molar-refractivity contribution in [2.75, 3.05) is 6.61 Å². The minimum absolute atomic E-state index is 0.0547.